The number of carbonyl (C=O) groups is 1. The van der Waals surface area contributed by atoms with Crippen molar-refractivity contribution in [3.05, 3.63) is 65.2 Å². The molecule has 0 aromatic heterocycles. The molecule has 1 aliphatic rings. The van der Waals surface area contributed by atoms with Gasteiger partial charge in [0.1, 0.15) is 18.1 Å². The number of methoxy groups -OCH3 is 1. The van der Waals surface area contributed by atoms with Crippen LogP contribution in [0.3, 0.4) is 0 Å². The second-order valence-electron chi connectivity index (χ2n) is 5.50. The Morgan fingerprint density at radius 3 is 2.67 bits per heavy atom. The Kier molecular flexibility index (Phi) is 5.29. The lowest BCUT2D eigenvalue weighted by Gasteiger charge is -2.06. The van der Waals surface area contributed by atoms with Gasteiger partial charge in [0.2, 0.25) is 0 Å². The molecule has 2 aromatic carbocycles. The van der Waals surface area contributed by atoms with Gasteiger partial charge in [-0.1, -0.05) is 24.3 Å². The molecule has 1 aliphatic heterocycles. The minimum Gasteiger partial charge on any atom is -0.492 e. The molecule has 124 valence electrons. The van der Waals surface area contributed by atoms with Crippen LogP contribution < -0.4 is 9.47 Å². The van der Waals surface area contributed by atoms with Crippen molar-refractivity contribution in [1.82, 2.24) is 0 Å². The summed E-state index contributed by atoms with van der Waals surface area (Å²) in [4.78, 5) is 12.7. The number of carbonyl (C=O) groups excluding carboxylic acids is 1. The minimum absolute atomic E-state index is 0.0310. The largest absolute Gasteiger partial charge is 0.492 e. The highest BCUT2D eigenvalue weighted by molar-refractivity contribution is 6.13. The lowest BCUT2D eigenvalue weighted by atomic mass is 9.99. The summed E-state index contributed by atoms with van der Waals surface area (Å²) in [6, 6.07) is 15.1. The molecular weight excluding hydrogens is 304 g/mol. The van der Waals surface area contributed by atoms with Crippen molar-refractivity contribution in [3.63, 3.8) is 0 Å². The standard InChI is InChI=1S/C20H20O4/c1-22-12-13-23-17-8-6-15(7-9-17)14-16-10-11-24-19-5-3-2-4-18(19)20(16)21/h2-9,14H,10-13H2,1H3/b16-14-. The van der Waals surface area contributed by atoms with E-state index in [0.717, 1.165) is 16.9 Å². The van der Waals surface area contributed by atoms with E-state index in [9.17, 15) is 4.79 Å². The van der Waals surface area contributed by atoms with Gasteiger partial charge in [-0.15, -0.1) is 0 Å². The van der Waals surface area contributed by atoms with E-state index >= 15 is 0 Å². The number of ketones is 1. The third-order valence-electron chi connectivity index (χ3n) is 3.83. The highest BCUT2D eigenvalue weighted by Gasteiger charge is 2.20. The first-order chi connectivity index (χ1) is 11.8. The van der Waals surface area contributed by atoms with Crippen molar-refractivity contribution in [2.75, 3.05) is 26.9 Å². The van der Waals surface area contributed by atoms with Crippen molar-refractivity contribution in [2.45, 2.75) is 6.42 Å². The number of hydrogen-bond donors (Lipinski definition) is 0. The van der Waals surface area contributed by atoms with E-state index in [2.05, 4.69) is 0 Å². The fourth-order valence-corrected chi connectivity index (χ4v) is 2.58. The Hall–Kier alpha value is -2.59. The van der Waals surface area contributed by atoms with Crippen LogP contribution in [-0.4, -0.2) is 32.7 Å². The van der Waals surface area contributed by atoms with E-state index in [4.69, 9.17) is 14.2 Å². The lowest BCUT2D eigenvalue weighted by molar-refractivity contribution is 0.103. The Morgan fingerprint density at radius 2 is 1.88 bits per heavy atom. The summed E-state index contributed by atoms with van der Waals surface area (Å²) in [5, 5.41) is 0. The van der Waals surface area contributed by atoms with Gasteiger partial charge >= 0.3 is 0 Å². The van der Waals surface area contributed by atoms with E-state index in [0.29, 0.717) is 37.6 Å². The Morgan fingerprint density at radius 1 is 1.08 bits per heavy atom. The van der Waals surface area contributed by atoms with Gasteiger partial charge in [-0.3, -0.25) is 4.79 Å². The van der Waals surface area contributed by atoms with Gasteiger partial charge in [0.25, 0.3) is 0 Å². The molecule has 2 aromatic rings. The predicted molar refractivity (Wildman–Crippen MR) is 92.7 cm³/mol. The van der Waals surface area contributed by atoms with E-state index < -0.39 is 0 Å². The summed E-state index contributed by atoms with van der Waals surface area (Å²) in [7, 11) is 1.64. The number of fused-ring (bicyclic) bond motifs is 1. The van der Waals surface area contributed by atoms with Gasteiger partial charge in [0.15, 0.2) is 5.78 Å². The van der Waals surface area contributed by atoms with Crippen molar-refractivity contribution < 1.29 is 19.0 Å². The highest BCUT2D eigenvalue weighted by Crippen LogP contribution is 2.27. The molecule has 0 bridgehead atoms. The molecule has 4 nitrogen and oxygen atoms in total. The summed E-state index contributed by atoms with van der Waals surface area (Å²) < 4.78 is 16.2. The maximum atomic E-state index is 12.7. The molecule has 0 saturated heterocycles. The fraction of sp³-hybridized carbons (Fsp3) is 0.250. The van der Waals surface area contributed by atoms with E-state index in [1.54, 1.807) is 7.11 Å². The first-order valence-electron chi connectivity index (χ1n) is 7.97. The Balaban J connectivity index is 1.77. The zero-order chi connectivity index (χ0) is 16.8. The van der Waals surface area contributed by atoms with E-state index in [-0.39, 0.29) is 5.78 Å². The zero-order valence-electron chi connectivity index (χ0n) is 13.7. The molecule has 3 rings (SSSR count). The lowest BCUT2D eigenvalue weighted by Crippen LogP contribution is -2.04. The summed E-state index contributed by atoms with van der Waals surface area (Å²) in [5.74, 6) is 1.48. The third kappa shape index (κ3) is 3.84. The van der Waals surface area contributed by atoms with Crippen molar-refractivity contribution in [1.29, 1.82) is 0 Å². The fourth-order valence-electron chi connectivity index (χ4n) is 2.58. The normalized spacial score (nSPS) is 15.5. The van der Waals surface area contributed by atoms with Gasteiger partial charge in [0.05, 0.1) is 18.8 Å². The van der Waals surface area contributed by atoms with E-state index in [1.807, 2.05) is 54.6 Å². The average molecular weight is 324 g/mol. The van der Waals surface area contributed by atoms with Gasteiger partial charge in [-0.25, -0.2) is 0 Å². The zero-order valence-corrected chi connectivity index (χ0v) is 13.7. The third-order valence-corrected chi connectivity index (χ3v) is 3.83. The van der Waals surface area contributed by atoms with Gasteiger partial charge in [-0.2, -0.15) is 0 Å². The molecule has 24 heavy (non-hydrogen) atoms. The van der Waals surface area contributed by atoms with Crippen molar-refractivity contribution in [3.8, 4) is 11.5 Å². The molecule has 0 atom stereocenters. The topological polar surface area (TPSA) is 44.8 Å². The van der Waals surface area contributed by atoms with Crippen molar-refractivity contribution in [2.24, 2.45) is 0 Å². The van der Waals surface area contributed by atoms with Crippen LogP contribution >= 0.6 is 0 Å². The average Bonchev–Trinajstić information content (AvgIpc) is 2.77. The smallest absolute Gasteiger partial charge is 0.192 e. The molecule has 0 fully saturated rings. The van der Waals surface area contributed by atoms with Gasteiger partial charge in [-0.05, 0) is 35.9 Å². The summed E-state index contributed by atoms with van der Waals surface area (Å²) in [6.07, 6.45) is 2.52. The van der Waals surface area contributed by atoms with Crippen LogP contribution in [-0.2, 0) is 4.74 Å². The Labute approximate surface area is 141 Å². The number of ether oxygens (including phenoxy) is 3. The molecule has 0 N–H and O–H groups in total. The van der Waals surface area contributed by atoms with Gasteiger partial charge in [0, 0.05) is 19.1 Å². The quantitative estimate of drug-likeness (QED) is 0.620. The van der Waals surface area contributed by atoms with E-state index in [1.165, 1.54) is 0 Å². The molecular formula is C20H20O4. The summed E-state index contributed by atoms with van der Waals surface area (Å²) >= 11 is 0. The van der Waals surface area contributed by atoms with Crippen LogP contribution in [0.15, 0.2) is 54.1 Å². The molecule has 0 spiro atoms. The maximum Gasteiger partial charge on any atom is 0.192 e. The van der Waals surface area contributed by atoms with Crippen LogP contribution in [0.1, 0.15) is 22.3 Å². The number of rotatable bonds is 5. The molecule has 0 unspecified atom stereocenters. The molecule has 0 saturated carbocycles. The number of hydrogen-bond acceptors (Lipinski definition) is 4. The molecule has 0 aliphatic carbocycles. The number of Topliss-reactive ketones (excluding diaryl/α,β-unsaturated/α-hetero) is 1. The summed E-state index contributed by atoms with van der Waals surface area (Å²) in [5.41, 5.74) is 2.35. The Bertz CT molecular complexity index is 732. The highest BCUT2D eigenvalue weighted by atomic mass is 16.5. The van der Waals surface area contributed by atoms with Crippen molar-refractivity contribution >= 4 is 11.9 Å². The van der Waals surface area contributed by atoms with Crippen LogP contribution in [0.2, 0.25) is 0 Å². The van der Waals surface area contributed by atoms with Gasteiger partial charge < -0.3 is 14.2 Å². The minimum atomic E-state index is 0.0310. The summed E-state index contributed by atoms with van der Waals surface area (Å²) in [6.45, 7) is 1.58. The first kappa shape index (κ1) is 16.3. The number of para-hydroxylation sites is 1. The van der Waals surface area contributed by atoms with Crippen LogP contribution in [0.5, 0.6) is 11.5 Å². The molecule has 4 heteroatoms. The molecule has 0 radical (unpaired) electrons. The number of benzene rings is 2. The molecule has 0 amide bonds. The second kappa shape index (κ2) is 7.79. The SMILES string of the molecule is COCCOc1ccc(/C=C2/CCOc3ccccc3C2=O)cc1. The first-order valence-corrected chi connectivity index (χ1v) is 7.97. The monoisotopic (exact) mass is 324 g/mol. The second-order valence-corrected chi connectivity index (χ2v) is 5.50. The molecule has 1 heterocycles. The van der Waals surface area contributed by atoms with Crippen LogP contribution in [0.4, 0.5) is 0 Å². The maximum absolute atomic E-state index is 12.7. The predicted octanol–water partition coefficient (Wildman–Crippen LogP) is 3.76. The van der Waals surface area contributed by atoms with Crippen LogP contribution in [0.25, 0.3) is 6.08 Å². The van der Waals surface area contributed by atoms with Crippen LogP contribution in [0, 0.1) is 0 Å².